The molecule has 0 aromatic heterocycles. The molecule has 0 saturated heterocycles. The molecule has 0 aliphatic rings. The number of hydrogen-bond acceptors (Lipinski definition) is 4. The van der Waals surface area contributed by atoms with Gasteiger partial charge in [0.2, 0.25) is 5.91 Å². The summed E-state index contributed by atoms with van der Waals surface area (Å²) < 4.78 is 0. The highest BCUT2D eigenvalue weighted by molar-refractivity contribution is 5.84. The van der Waals surface area contributed by atoms with Crippen LogP contribution in [-0.2, 0) is 9.59 Å². The monoisotopic (exact) mass is 176 g/mol. The first-order valence-electron chi connectivity index (χ1n) is 3.39. The van der Waals surface area contributed by atoms with Crippen LogP contribution in [0.1, 0.15) is 6.92 Å². The molecule has 6 nitrogen and oxygen atoms in total. The van der Waals surface area contributed by atoms with Gasteiger partial charge in [-0.3, -0.25) is 4.79 Å². The molecule has 0 bridgehead atoms. The van der Waals surface area contributed by atoms with Crippen LogP contribution in [0.5, 0.6) is 0 Å². The third kappa shape index (κ3) is 3.31. The second-order valence-electron chi connectivity index (χ2n) is 2.33. The van der Waals surface area contributed by atoms with Gasteiger partial charge in [0.05, 0.1) is 12.6 Å². The second-order valence-corrected chi connectivity index (χ2v) is 2.33. The lowest BCUT2D eigenvalue weighted by molar-refractivity contribution is -0.144. The average Bonchev–Trinajstić information content (AvgIpc) is 1.98. The number of carbonyl (C=O) groups excluding carboxylic acids is 1. The zero-order valence-corrected chi connectivity index (χ0v) is 6.65. The van der Waals surface area contributed by atoms with E-state index in [9.17, 15) is 9.59 Å². The Morgan fingerprint density at radius 2 is 2.08 bits per heavy atom. The number of carboxylic acids is 1. The van der Waals surface area contributed by atoms with Gasteiger partial charge in [-0.05, 0) is 6.92 Å². The van der Waals surface area contributed by atoms with Crippen LogP contribution in [0.4, 0.5) is 0 Å². The SMILES string of the molecule is CC(O)[C@H](NC(=O)CN)C(=O)O. The fourth-order valence-corrected chi connectivity index (χ4v) is 0.621. The summed E-state index contributed by atoms with van der Waals surface area (Å²) in [7, 11) is 0. The Morgan fingerprint density at radius 1 is 1.58 bits per heavy atom. The Labute approximate surface area is 69.4 Å². The van der Waals surface area contributed by atoms with Gasteiger partial charge >= 0.3 is 5.97 Å². The van der Waals surface area contributed by atoms with Gasteiger partial charge in [0.15, 0.2) is 6.04 Å². The molecule has 0 aromatic rings. The molecule has 2 atom stereocenters. The molecule has 0 spiro atoms. The normalized spacial score (nSPS) is 14.9. The Morgan fingerprint density at radius 3 is 2.33 bits per heavy atom. The van der Waals surface area contributed by atoms with Crippen LogP contribution < -0.4 is 11.1 Å². The number of aliphatic hydroxyl groups is 1. The Kier molecular flexibility index (Phi) is 4.24. The topological polar surface area (TPSA) is 113 Å². The molecule has 0 aliphatic heterocycles. The Balaban J connectivity index is 4.14. The maximum absolute atomic E-state index is 10.6. The number of aliphatic carboxylic acids is 1. The number of amides is 1. The number of carboxylic acid groups (broad SMARTS) is 1. The Hall–Kier alpha value is -1.14. The van der Waals surface area contributed by atoms with Gasteiger partial charge in [0.25, 0.3) is 0 Å². The number of nitrogens with two attached hydrogens (primary N) is 1. The molecule has 70 valence electrons. The highest BCUT2D eigenvalue weighted by Crippen LogP contribution is 1.91. The number of carbonyl (C=O) groups is 2. The summed E-state index contributed by atoms with van der Waals surface area (Å²) in [6, 6.07) is -1.29. The van der Waals surface area contributed by atoms with Gasteiger partial charge in [-0.15, -0.1) is 0 Å². The van der Waals surface area contributed by atoms with E-state index < -0.39 is 24.0 Å². The predicted octanol–water partition coefficient (Wildman–Crippen LogP) is -2.10. The van der Waals surface area contributed by atoms with Crippen LogP contribution in [0.2, 0.25) is 0 Å². The first kappa shape index (κ1) is 10.9. The van der Waals surface area contributed by atoms with Crippen molar-refractivity contribution in [3.05, 3.63) is 0 Å². The van der Waals surface area contributed by atoms with E-state index in [0.29, 0.717) is 0 Å². The van der Waals surface area contributed by atoms with Crippen molar-refractivity contribution < 1.29 is 19.8 Å². The molecule has 0 saturated carbocycles. The Bertz CT molecular complexity index is 180. The summed E-state index contributed by atoms with van der Waals surface area (Å²) in [6.07, 6.45) is -1.14. The third-order valence-electron chi connectivity index (χ3n) is 1.25. The van der Waals surface area contributed by atoms with Crippen molar-refractivity contribution in [1.82, 2.24) is 5.32 Å². The molecular formula is C6H12N2O4. The number of nitrogens with one attached hydrogen (secondary N) is 1. The quantitative estimate of drug-likeness (QED) is 0.392. The van der Waals surface area contributed by atoms with Gasteiger partial charge in [-0.2, -0.15) is 0 Å². The first-order chi connectivity index (χ1) is 5.49. The summed E-state index contributed by atoms with van der Waals surface area (Å²) in [4.78, 5) is 21.0. The maximum atomic E-state index is 10.6. The van der Waals surface area contributed by atoms with Crippen LogP contribution in [0, 0.1) is 0 Å². The predicted molar refractivity (Wildman–Crippen MR) is 40.3 cm³/mol. The number of rotatable bonds is 4. The van der Waals surface area contributed by atoms with E-state index in [2.05, 4.69) is 5.32 Å². The highest BCUT2D eigenvalue weighted by Gasteiger charge is 2.23. The highest BCUT2D eigenvalue weighted by atomic mass is 16.4. The molecule has 0 radical (unpaired) electrons. The molecule has 5 N–H and O–H groups in total. The molecule has 1 amide bonds. The minimum atomic E-state index is -1.29. The summed E-state index contributed by atoms with van der Waals surface area (Å²) in [6.45, 7) is 0.978. The molecule has 0 heterocycles. The summed E-state index contributed by atoms with van der Waals surface area (Å²) >= 11 is 0. The lowest BCUT2D eigenvalue weighted by atomic mass is 10.2. The molecule has 0 aromatic carbocycles. The molecule has 0 fully saturated rings. The van der Waals surface area contributed by atoms with E-state index >= 15 is 0 Å². The van der Waals surface area contributed by atoms with Crippen molar-refractivity contribution in [3.63, 3.8) is 0 Å². The smallest absolute Gasteiger partial charge is 0.328 e. The largest absolute Gasteiger partial charge is 0.480 e. The van der Waals surface area contributed by atoms with E-state index in [0.717, 1.165) is 0 Å². The van der Waals surface area contributed by atoms with Crippen LogP contribution in [0.25, 0.3) is 0 Å². The summed E-state index contributed by atoms with van der Waals surface area (Å²) in [5.74, 6) is -1.89. The lowest BCUT2D eigenvalue weighted by Gasteiger charge is -2.15. The van der Waals surface area contributed by atoms with Gasteiger partial charge in [-0.1, -0.05) is 0 Å². The fraction of sp³-hybridized carbons (Fsp3) is 0.667. The van der Waals surface area contributed by atoms with Crippen molar-refractivity contribution in [2.75, 3.05) is 6.54 Å². The van der Waals surface area contributed by atoms with Crippen molar-refractivity contribution in [3.8, 4) is 0 Å². The standard InChI is InChI=1S/C6H12N2O4/c1-3(9)5(6(11)12)8-4(10)2-7/h3,5,9H,2,7H2,1H3,(H,8,10)(H,11,12)/t3?,5-/m0/s1. The zero-order valence-electron chi connectivity index (χ0n) is 6.65. The van der Waals surface area contributed by atoms with E-state index in [4.69, 9.17) is 15.9 Å². The van der Waals surface area contributed by atoms with Crippen molar-refractivity contribution in [1.29, 1.82) is 0 Å². The van der Waals surface area contributed by atoms with E-state index in [-0.39, 0.29) is 6.54 Å². The second kappa shape index (κ2) is 4.68. The van der Waals surface area contributed by atoms with Gasteiger partial charge in [0.1, 0.15) is 0 Å². The molecule has 6 heteroatoms. The van der Waals surface area contributed by atoms with E-state index in [1.54, 1.807) is 0 Å². The van der Waals surface area contributed by atoms with Crippen LogP contribution in [-0.4, -0.2) is 40.8 Å². The van der Waals surface area contributed by atoms with Crippen LogP contribution in [0.3, 0.4) is 0 Å². The zero-order chi connectivity index (χ0) is 9.72. The van der Waals surface area contributed by atoms with Crippen molar-refractivity contribution in [2.24, 2.45) is 5.73 Å². The van der Waals surface area contributed by atoms with Crippen LogP contribution >= 0.6 is 0 Å². The minimum absolute atomic E-state index is 0.295. The average molecular weight is 176 g/mol. The molecule has 0 aliphatic carbocycles. The number of aliphatic hydroxyl groups excluding tert-OH is 1. The summed E-state index contributed by atoms with van der Waals surface area (Å²) in [5.41, 5.74) is 4.93. The van der Waals surface area contributed by atoms with E-state index in [1.807, 2.05) is 0 Å². The van der Waals surface area contributed by atoms with E-state index in [1.165, 1.54) is 6.92 Å². The summed E-state index contributed by atoms with van der Waals surface area (Å²) in [5, 5.41) is 19.4. The van der Waals surface area contributed by atoms with Gasteiger partial charge in [-0.25, -0.2) is 4.79 Å². The molecule has 0 rings (SSSR count). The van der Waals surface area contributed by atoms with Crippen molar-refractivity contribution >= 4 is 11.9 Å². The molecular weight excluding hydrogens is 164 g/mol. The van der Waals surface area contributed by atoms with Gasteiger partial charge in [0, 0.05) is 0 Å². The maximum Gasteiger partial charge on any atom is 0.328 e. The molecule has 1 unspecified atom stereocenters. The fourth-order valence-electron chi connectivity index (χ4n) is 0.621. The van der Waals surface area contributed by atoms with Crippen molar-refractivity contribution in [2.45, 2.75) is 19.1 Å². The lowest BCUT2D eigenvalue weighted by Crippen LogP contribution is -2.49. The third-order valence-corrected chi connectivity index (χ3v) is 1.25. The number of hydrogen-bond donors (Lipinski definition) is 4. The minimum Gasteiger partial charge on any atom is -0.480 e. The van der Waals surface area contributed by atoms with Crippen LogP contribution in [0.15, 0.2) is 0 Å². The van der Waals surface area contributed by atoms with Gasteiger partial charge < -0.3 is 21.3 Å². The molecule has 12 heavy (non-hydrogen) atoms. The first-order valence-corrected chi connectivity index (χ1v) is 3.39.